The number of pyridine rings is 1. The summed E-state index contributed by atoms with van der Waals surface area (Å²) in [5, 5.41) is 4.32. The third kappa shape index (κ3) is 4.14. The maximum atomic E-state index is 4.51. The Labute approximate surface area is 153 Å². The van der Waals surface area contributed by atoms with Gasteiger partial charge >= 0.3 is 0 Å². The number of piperidine rings is 1. The Kier molecular flexibility index (Phi) is 5.30. The Hall–Kier alpha value is -2.60. The van der Waals surface area contributed by atoms with Gasteiger partial charge in [-0.3, -0.25) is 14.6 Å². The Morgan fingerprint density at radius 3 is 2.69 bits per heavy atom. The summed E-state index contributed by atoms with van der Waals surface area (Å²) >= 11 is 0. The lowest BCUT2D eigenvalue weighted by molar-refractivity contribution is 0.127. The second kappa shape index (κ2) is 8.19. The Balaban J connectivity index is 1.39. The highest BCUT2D eigenvalue weighted by Gasteiger charge is 2.22. The fourth-order valence-electron chi connectivity index (χ4n) is 3.61. The molecule has 3 aromatic heterocycles. The summed E-state index contributed by atoms with van der Waals surface area (Å²) in [4.78, 5) is 15.9. The van der Waals surface area contributed by atoms with Crippen molar-refractivity contribution in [2.24, 2.45) is 0 Å². The van der Waals surface area contributed by atoms with E-state index in [1.54, 1.807) is 6.20 Å². The zero-order chi connectivity index (χ0) is 17.6. The third-order valence-corrected chi connectivity index (χ3v) is 4.98. The number of nitrogens with zero attached hydrogens (tertiary/aromatic N) is 6. The molecule has 4 heterocycles. The van der Waals surface area contributed by atoms with Crippen LogP contribution in [-0.4, -0.2) is 42.2 Å². The molecule has 4 rings (SSSR count). The molecule has 26 heavy (non-hydrogen) atoms. The van der Waals surface area contributed by atoms with Crippen LogP contribution in [0.1, 0.15) is 31.2 Å². The predicted octanol–water partition coefficient (Wildman–Crippen LogP) is 3.18. The lowest BCUT2D eigenvalue weighted by atomic mass is 9.99. The van der Waals surface area contributed by atoms with Crippen molar-refractivity contribution in [3.63, 3.8) is 0 Å². The zero-order valence-electron chi connectivity index (χ0n) is 14.9. The van der Waals surface area contributed by atoms with Crippen LogP contribution < -0.4 is 0 Å². The Morgan fingerprint density at radius 2 is 1.92 bits per heavy atom. The molecule has 3 aromatic rings. The molecule has 1 atom stereocenters. The number of aromatic nitrogens is 5. The number of likely N-dealkylation sites (tertiary alicyclic amines) is 1. The average molecular weight is 348 g/mol. The van der Waals surface area contributed by atoms with Gasteiger partial charge in [0.25, 0.3) is 0 Å². The van der Waals surface area contributed by atoms with Gasteiger partial charge in [0, 0.05) is 55.7 Å². The van der Waals surface area contributed by atoms with Gasteiger partial charge in [-0.15, -0.1) is 0 Å². The summed E-state index contributed by atoms with van der Waals surface area (Å²) in [6.45, 7) is 3.03. The van der Waals surface area contributed by atoms with Gasteiger partial charge in [-0.2, -0.15) is 5.10 Å². The molecule has 1 aliphatic heterocycles. The molecule has 0 amide bonds. The molecule has 0 aromatic carbocycles. The van der Waals surface area contributed by atoms with Crippen LogP contribution in [0.3, 0.4) is 0 Å². The van der Waals surface area contributed by atoms with Gasteiger partial charge in [-0.25, -0.2) is 9.97 Å². The van der Waals surface area contributed by atoms with Gasteiger partial charge in [-0.05, 0) is 44.0 Å². The number of aryl methyl sites for hydroxylation is 1. The topological polar surface area (TPSA) is 59.7 Å². The minimum Gasteiger partial charge on any atom is -0.296 e. The summed E-state index contributed by atoms with van der Waals surface area (Å²) in [5.74, 6) is 0.684. The van der Waals surface area contributed by atoms with E-state index in [1.807, 2.05) is 53.7 Å². The fourth-order valence-corrected chi connectivity index (χ4v) is 3.61. The van der Waals surface area contributed by atoms with Crippen molar-refractivity contribution in [1.82, 2.24) is 29.6 Å². The number of rotatable bonds is 6. The van der Waals surface area contributed by atoms with E-state index in [2.05, 4.69) is 25.0 Å². The van der Waals surface area contributed by atoms with Crippen molar-refractivity contribution in [2.75, 3.05) is 6.54 Å². The van der Waals surface area contributed by atoms with Crippen molar-refractivity contribution in [1.29, 1.82) is 0 Å². The maximum Gasteiger partial charge on any atom is 0.178 e. The van der Waals surface area contributed by atoms with Crippen LogP contribution in [0.5, 0.6) is 0 Å². The SMILES string of the molecule is c1ccc(-c2ncc(CN3CCCC[C@@H]3CCn3cccn3)cn2)nc1. The van der Waals surface area contributed by atoms with Crippen LogP contribution in [0.25, 0.3) is 11.5 Å². The normalized spacial score (nSPS) is 18.1. The first-order valence-corrected chi connectivity index (χ1v) is 9.32. The quantitative estimate of drug-likeness (QED) is 0.685. The summed E-state index contributed by atoms with van der Waals surface area (Å²) < 4.78 is 2.03. The van der Waals surface area contributed by atoms with E-state index in [-0.39, 0.29) is 0 Å². The van der Waals surface area contributed by atoms with Gasteiger partial charge in [0.15, 0.2) is 5.82 Å². The van der Waals surface area contributed by atoms with Gasteiger partial charge in [-0.1, -0.05) is 12.5 Å². The average Bonchev–Trinajstić information content (AvgIpc) is 3.22. The van der Waals surface area contributed by atoms with Crippen LogP contribution in [0.2, 0.25) is 0 Å². The molecule has 0 unspecified atom stereocenters. The molecule has 1 aliphatic rings. The molecule has 1 fully saturated rings. The molecule has 0 radical (unpaired) electrons. The molecule has 6 heteroatoms. The van der Waals surface area contributed by atoms with Crippen molar-refractivity contribution < 1.29 is 0 Å². The van der Waals surface area contributed by atoms with E-state index < -0.39 is 0 Å². The zero-order valence-corrected chi connectivity index (χ0v) is 14.9. The van der Waals surface area contributed by atoms with Crippen LogP contribution in [0.15, 0.2) is 55.2 Å². The molecule has 0 saturated carbocycles. The van der Waals surface area contributed by atoms with Crippen LogP contribution in [0, 0.1) is 0 Å². The van der Waals surface area contributed by atoms with Crippen molar-refractivity contribution >= 4 is 0 Å². The largest absolute Gasteiger partial charge is 0.296 e. The highest BCUT2D eigenvalue weighted by Crippen LogP contribution is 2.22. The third-order valence-electron chi connectivity index (χ3n) is 4.98. The van der Waals surface area contributed by atoms with Crippen molar-refractivity contribution in [2.45, 2.75) is 44.8 Å². The molecule has 0 spiro atoms. The van der Waals surface area contributed by atoms with Gasteiger partial charge in [0.2, 0.25) is 0 Å². The summed E-state index contributed by atoms with van der Waals surface area (Å²) in [6.07, 6.45) is 14.5. The summed E-state index contributed by atoms with van der Waals surface area (Å²) in [6, 6.07) is 8.38. The van der Waals surface area contributed by atoms with Gasteiger partial charge in [0.05, 0.1) is 0 Å². The first-order valence-electron chi connectivity index (χ1n) is 9.32. The van der Waals surface area contributed by atoms with Gasteiger partial charge < -0.3 is 0 Å². The highest BCUT2D eigenvalue weighted by molar-refractivity contribution is 5.47. The van der Waals surface area contributed by atoms with Gasteiger partial charge in [0.1, 0.15) is 5.69 Å². The standard InChI is InChI=1S/C20H24N6/c1-3-9-21-19(7-1)20-22-14-17(15-23-20)16-25-11-4-2-6-18(25)8-13-26-12-5-10-24-26/h1,3,5,7,9-10,12,14-15,18H,2,4,6,8,11,13,16H2/t18-/m1/s1. The smallest absolute Gasteiger partial charge is 0.178 e. The van der Waals surface area contributed by atoms with Crippen LogP contribution in [-0.2, 0) is 13.1 Å². The molecular weight excluding hydrogens is 324 g/mol. The summed E-state index contributed by atoms with van der Waals surface area (Å²) in [7, 11) is 0. The minimum absolute atomic E-state index is 0.600. The highest BCUT2D eigenvalue weighted by atomic mass is 15.3. The molecule has 0 N–H and O–H groups in total. The number of hydrogen-bond donors (Lipinski definition) is 0. The Morgan fingerprint density at radius 1 is 1.00 bits per heavy atom. The minimum atomic E-state index is 0.600. The molecule has 1 saturated heterocycles. The molecular formula is C20H24N6. The second-order valence-electron chi connectivity index (χ2n) is 6.81. The van der Waals surface area contributed by atoms with Crippen LogP contribution >= 0.6 is 0 Å². The second-order valence-corrected chi connectivity index (χ2v) is 6.81. The van der Waals surface area contributed by atoms with E-state index in [0.29, 0.717) is 11.9 Å². The molecule has 134 valence electrons. The molecule has 0 bridgehead atoms. The number of hydrogen-bond acceptors (Lipinski definition) is 5. The molecule has 0 aliphatic carbocycles. The van der Waals surface area contributed by atoms with E-state index >= 15 is 0 Å². The summed E-state index contributed by atoms with van der Waals surface area (Å²) in [5.41, 5.74) is 1.98. The fraction of sp³-hybridized carbons (Fsp3) is 0.400. The van der Waals surface area contributed by atoms with E-state index in [4.69, 9.17) is 0 Å². The lowest BCUT2D eigenvalue weighted by Gasteiger charge is -2.35. The van der Waals surface area contributed by atoms with E-state index in [1.165, 1.54) is 19.3 Å². The molecule has 6 nitrogen and oxygen atoms in total. The van der Waals surface area contributed by atoms with Crippen LogP contribution in [0.4, 0.5) is 0 Å². The first kappa shape index (κ1) is 16.8. The monoisotopic (exact) mass is 348 g/mol. The first-order chi connectivity index (χ1) is 12.9. The Bertz CT molecular complexity index is 785. The van der Waals surface area contributed by atoms with E-state index in [9.17, 15) is 0 Å². The predicted molar refractivity (Wildman–Crippen MR) is 100 cm³/mol. The van der Waals surface area contributed by atoms with E-state index in [0.717, 1.165) is 37.3 Å². The lowest BCUT2D eigenvalue weighted by Crippen LogP contribution is -2.39. The van der Waals surface area contributed by atoms with Crippen molar-refractivity contribution in [3.8, 4) is 11.5 Å². The van der Waals surface area contributed by atoms with Crippen molar-refractivity contribution in [3.05, 3.63) is 60.8 Å². The maximum absolute atomic E-state index is 4.51.